The van der Waals surface area contributed by atoms with Crippen LogP contribution in [0, 0.1) is 5.92 Å². The van der Waals surface area contributed by atoms with Gasteiger partial charge in [0.15, 0.2) is 0 Å². The molecule has 1 aliphatic carbocycles. The van der Waals surface area contributed by atoms with Crippen molar-refractivity contribution >= 4 is 0 Å². The van der Waals surface area contributed by atoms with E-state index in [2.05, 4.69) is 18.7 Å². The number of aliphatic hydroxyl groups excluding tert-OH is 1. The first-order chi connectivity index (χ1) is 8.15. The zero-order valence-electron chi connectivity index (χ0n) is 11.4. The van der Waals surface area contributed by atoms with Crippen LogP contribution in [-0.4, -0.2) is 55.0 Å². The minimum atomic E-state index is 0.0765. The molecular formula is C13H28N2O2. The maximum atomic E-state index is 9.62. The van der Waals surface area contributed by atoms with Crippen LogP contribution in [0.2, 0.25) is 0 Å². The van der Waals surface area contributed by atoms with Crippen molar-refractivity contribution in [2.45, 2.75) is 51.2 Å². The van der Waals surface area contributed by atoms with Gasteiger partial charge in [-0.05, 0) is 32.1 Å². The van der Waals surface area contributed by atoms with Crippen LogP contribution in [0.5, 0.6) is 0 Å². The second-order valence-electron chi connectivity index (χ2n) is 5.15. The molecule has 0 amide bonds. The maximum Gasteiger partial charge on any atom is 0.0602 e. The zero-order chi connectivity index (χ0) is 12.8. The molecule has 0 aliphatic heterocycles. The van der Waals surface area contributed by atoms with Gasteiger partial charge < -0.3 is 15.6 Å². The minimum absolute atomic E-state index is 0.0765. The normalized spacial score (nSPS) is 21.5. The summed E-state index contributed by atoms with van der Waals surface area (Å²) < 4.78 is 5.15. The summed E-state index contributed by atoms with van der Waals surface area (Å²) in [7, 11) is 1.71. The van der Waals surface area contributed by atoms with E-state index >= 15 is 0 Å². The number of nitrogens with two attached hydrogens (primary N) is 1. The van der Waals surface area contributed by atoms with Crippen molar-refractivity contribution in [1.29, 1.82) is 0 Å². The van der Waals surface area contributed by atoms with Gasteiger partial charge in [-0.25, -0.2) is 0 Å². The van der Waals surface area contributed by atoms with Crippen molar-refractivity contribution in [3.05, 3.63) is 0 Å². The Balaban J connectivity index is 2.62. The highest BCUT2D eigenvalue weighted by molar-refractivity contribution is 4.94. The van der Waals surface area contributed by atoms with E-state index in [1.54, 1.807) is 7.11 Å². The summed E-state index contributed by atoms with van der Waals surface area (Å²) in [6.45, 7) is 6.04. The van der Waals surface area contributed by atoms with E-state index in [4.69, 9.17) is 10.5 Å². The van der Waals surface area contributed by atoms with Crippen LogP contribution < -0.4 is 5.73 Å². The number of rotatable bonds is 9. The van der Waals surface area contributed by atoms with E-state index in [-0.39, 0.29) is 18.7 Å². The van der Waals surface area contributed by atoms with E-state index in [1.165, 1.54) is 12.8 Å². The van der Waals surface area contributed by atoms with Crippen molar-refractivity contribution < 1.29 is 9.84 Å². The first kappa shape index (κ1) is 14.9. The summed E-state index contributed by atoms with van der Waals surface area (Å²) in [6, 6.07) is 0.616. The largest absolute Gasteiger partial charge is 0.395 e. The summed E-state index contributed by atoms with van der Waals surface area (Å²) >= 11 is 0. The highest BCUT2D eigenvalue weighted by Crippen LogP contribution is 2.34. The van der Waals surface area contributed by atoms with Gasteiger partial charge in [-0.3, -0.25) is 4.90 Å². The molecule has 0 aromatic heterocycles. The molecule has 0 aromatic rings. The predicted molar refractivity (Wildman–Crippen MR) is 69.9 cm³/mol. The number of methoxy groups -OCH3 is 1. The zero-order valence-corrected chi connectivity index (χ0v) is 11.4. The molecular weight excluding hydrogens is 216 g/mol. The van der Waals surface area contributed by atoms with Gasteiger partial charge >= 0.3 is 0 Å². The molecule has 0 saturated heterocycles. The summed E-state index contributed by atoms with van der Waals surface area (Å²) in [5.41, 5.74) is 6.26. The van der Waals surface area contributed by atoms with Crippen molar-refractivity contribution in [3.8, 4) is 0 Å². The number of ether oxygens (including phenoxy) is 1. The monoisotopic (exact) mass is 244 g/mol. The highest BCUT2D eigenvalue weighted by Gasteiger charge is 2.37. The Bertz CT molecular complexity index is 210. The molecule has 1 saturated carbocycles. The minimum Gasteiger partial charge on any atom is -0.395 e. The fourth-order valence-electron chi connectivity index (χ4n) is 2.39. The molecule has 0 radical (unpaired) electrons. The van der Waals surface area contributed by atoms with Crippen LogP contribution in [0.25, 0.3) is 0 Å². The molecule has 3 unspecified atom stereocenters. The lowest BCUT2D eigenvalue weighted by atomic mass is 10.0. The quantitative estimate of drug-likeness (QED) is 0.631. The van der Waals surface area contributed by atoms with Crippen molar-refractivity contribution in [2.75, 3.05) is 26.9 Å². The standard InChI is InChI=1S/C13H28N2O2/c1-4-10(2)15(7-8-17-3)12(9-16)13(14)11-5-6-11/h10-13,16H,4-9,14H2,1-3H3. The average molecular weight is 244 g/mol. The third-order valence-electron chi connectivity index (χ3n) is 3.93. The topological polar surface area (TPSA) is 58.7 Å². The Morgan fingerprint density at radius 3 is 2.53 bits per heavy atom. The van der Waals surface area contributed by atoms with Crippen LogP contribution >= 0.6 is 0 Å². The van der Waals surface area contributed by atoms with Gasteiger partial charge in [0, 0.05) is 31.8 Å². The van der Waals surface area contributed by atoms with E-state index in [9.17, 15) is 5.11 Å². The molecule has 0 heterocycles. The fraction of sp³-hybridized carbons (Fsp3) is 1.00. The van der Waals surface area contributed by atoms with Gasteiger partial charge in [-0.1, -0.05) is 6.92 Å². The third kappa shape index (κ3) is 4.21. The highest BCUT2D eigenvalue weighted by atomic mass is 16.5. The van der Waals surface area contributed by atoms with Crippen molar-refractivity contribution in [2.24, 2.45) is 11.7 Å². The Kier molecular flexibility index (Phi) is 6.41. The first-order valence-corrected chi connectivity index (χ1v) is 6.76. The number of hydrogen-bond acceptors (Lipinski definition) is 4. The van der Waals surface area contributed by atoms with Crippen LogP contribution in [-0.2, 0) is 4.74 Å². The first-order valence-electron chi connectivity index (χ1n) is 6.76. The SMILES string of the molecule is CCC(C)N(CCOC)C(CO)C(N)C1CC1. The average Bonchev–Trinajstić information content (AvgIpc) is 3.17. The predicted octanol–water partition coefficient (Wildman–Crippen LogP) is 0.832. The Morgan fingerprint density at radius 2 is 2.12 bits per heavy atom. The molecule has 1 rings (SSSR count). The van der Waals surface area contributed by atoms with E-state index in [0.717, 1.165) is 13.0 Å². The number of aliphatic hydroxyl groups is 1. The molecule has 3 N–H and O–H groups in total. The van der Waals surface area contributed by atoms with Gasteiger partial charge in [-0.2, -0.15) is 0 Å². The Morgan fingerprint density at radius 1 is 1.47 bits per heavy atom. The van der Waals surface area contributed by atoms with Gasteiger partial charge in [-0.15, -0.1) is 0 Å². The number of nitrogens with zero attached hydrogens (tertiary/aromatic N) is 1. The van der Waals surface area contributed by atoms with Crippen molar-refractivity contribution in [1.82, 2.24) is 4.90 Å². The van der Waals surface area contributed by atoms with Crippen LogP contribution in [0.1, 0.15) is 33.1 Å². The lowest BCUT2D eigenvalue weighted by molar-refractivity contribution is 0.0425. The van der Waals surface area contributed by atoms with Crippen LogP contribution in [0.15, 0.2) is 0 Å². The van der Waals surface area contributed by atoms with Gasteiger partial charge in [0.05, 0.1) is 13.2 Å². The summed E-state index contributed by atoms with van der Waals surface area (Å²) in [4.78, 5) is 2.31. The van der Waals surface area contributed by atoms with E-state index in [1.807, 2.05) is 0 Å². The van der Waals surface area contributed by atoms with Gasteiger partial charge in [0.25, 0.3) is 0 Å². The Labute approximate surface area is 105 Å². The van der Waals surface area contributed by atoms with Crippen LogP contribution in [0.3, 0.4) is 0 Å². The molecule has 0 bridgehead atoms. The van der Waals surface area contributed by atoms with E-state index < -0.39 is 0 Å². The molecule has 1 aliphatic rings. The lowest BCUT2D eigenvalue weighted by Crippen LogP contribution is -2.55. The second-order valence-corrected chi connectivity index (χ2v) is 5.15. The van der Waals surface area contributed by atoms with Crippen LogP contribution in [0.4, 0.5) is 0 Å². The third-order valence-corrected chi connectivity index (χ3v) is 3.93. The molecule has 102 valence electrons. The van der Waals surface area contributed by atoms with Crippen molar-refractivity contribution in [3.63, 3.8) is 0 Å². The molecule has 3 atom stereocenters. The Hall–Kier alpha value is -0.160. The maximum absolute atomic E-state index is 9.62. The smallest absolute Gasteiger partial charge is 0.0602 e. The molecule has 17 heavy (non-hydrogen) atoms. The van der Waals surface area contributed by atoms with Gasteiger partial charge in [0.1, 0.15) is 0 Å². The summed E-state index contributed by atoms with van der Waals surface area (Å²) in [5, 5.41) is 9.62. The molecule has 0 spiro atoms. The molecule has 0 aromatic carbocycles. The molecule has 4 heteroatoms. The molecule has 1 fully saturated rings. The fourth-order valence-corrected chi connectivity index (χ4v) is 2.39. The number of hydrogen-bond donors (Lipinski definition) is 2. The molecule has 4 nitrogen and oxygen atoms in total. The lowest BCUT2D eigenvalue weighted by Gasteiger charge is -2.38. The van der Waals surface area contributed by atoms with E-state index in [0.29, 0.717) is 18.6 Å². The summed E-state index contributed by atoms with van der Waals surface area (Å²) in [6.07, 6.45) is 3.50. The van der Waals surface area contributed by atoms with Gasteiger partial charge in [0.2, 0.25) is 0 Å². The second kappa shape index (κ2) is 7.31. The summed E-state index contributed by atoms with van der Waals surface area (Å²) in [5.74, 6) is 0.612.